The van der Waals surface area contributed by atoms with Crippen LogP contribution in [0, 0.1) is 0 Å². The largest absolute Gasteiger partial charge is 0.369 e. The average Bonchev–Trinajstić information content (AvgIpc) is 2.75. The molecule has 0 aromatic heterocycles. The Morgan fingerprint density at radius 1 is 1.18 bits per heavy atom. The van der Waals surface area contributed by atoms with Crippen molar-refractivity contribution in [3.05, 3.63) is 45.7 Å². The Labute approximate surface area is 108 Å². The molecule has 0 amide bonds. The number of benzene rings is 1. The van der Waals surface area contributed by atoms with Crippen LogP contribution < -0.4 is 0 Å². The quantitative estimate of drug-likeness (QED) is 0.622. The Morgan fingerprint density at radius 2 is 1.82 bits per heavy atom. The van der Waals surface area contributed by atoms with Crippen LogP contribution in [-0.2, 0) is 9.63 Å². The smallest absolute Gasteiger partial charge is 0.312 e. The molecule has 0 aliphatic carbocycles. The maximum absolute atomic E-state index is 11.7. The lowest BCUT2D eigenvalue weighted by molar-refractivity contribution is -0.136. The highest BCUT2D eigenvalue weighted by Gasteiger charge is 2.29. The number of hydrogen-bond donors (Lipinski definition) is 0. The molecule has 0 saturated carbocycles. The van der Waals surface area contributed by atoms with Crippen molar-refractivity contribution < 1.29 is 9.63 Å². The van der Waals surface area contributed by atoms with Gasteiger partial charge in [-0.1, -0.05) is 35.5 Å². The molecule has 0 unspecified atom stereocenters. The van der Waals surface area contributed by atoms with Crippen LogP contribution in [0.1, 0.15) is 5.56 Å². The van der Waals surface area contributed by atoms with Gasteiger partial charge in [0.25, 0.3) is 0 Å². The van der Waals surface area contributed by atoms with E-state index in [0.717, 1.165) is 9.80 Å². The molecular weight excluding hydrogens is 254 g/mol. The van der Waals surface area contributed by atoms with Gasteiger partial charge in [0, 0.05) is 5.56 Å². The molecule has 88 valence electrons. The Morgan fingerprint density at radius 3 is 2.41 bits per heavy atom. The zero-order chi connectivity index (χ0) is 12.3. The molecule has 1 aromatic carbocycles. The van der Waals surface area contributed by atoms with Crippen LogP contribution in [0.2, 0.25) is 0 Å². The predicted molar refractivity (Wildman–Crippen MR) is 73.1 cm³/mol. The molecule has 1 aliphatic rings. The molecule has 0 fully saturated rings. The maximum atomic E-state index is 11.7. The van der Waals surface area contributed by atoms with Crippen molar-refractivity contribution in [3.8, 4) is 0 Å². The summed E-state index contributed by atoms with van der Waals surface area (Å²) in [5, 5.41) is 3.87. The third-order valence-corrected chi connectivity index (χ3v) is 4.43. The third-order valence-electron chi connectivity index (χ3n) is 2.28. The second-order valence-corrected chi connectivity index (χ2v) is 5.15. The van der Waals surface area contributed by atoms with Crippen LogP contribution in [0.4, 0.5) is 0 Å². The zero-order valence-corrected chi connectivity index (χ0v) is 11.1. The fraction of sp³-hybridized carbons (Fsp3) is 0.167. The summed E-state index contributed by atoms with van der Waals surface area (Å²) in [6.07, 6.45) is 3.88. The topological polar surface area (TPSA) is 38.7 Å². The van der Waals surface area contributed by atoms with E-state index < -0.39 is 0 Å². The van der Waals surface area contributed by atoms with E-state index in [2.05, 4.69) is 5.16 Å². The van der Waals surface area contributed by atoms with Gasteiger partial charge in [0.1, 0.15) is 11.3 Å². The Bertz CT molecular complexity index is 488. The van der Waals surface area contributed by atoms with Crippen molar-refractivity contribution in [2.45, 2.75) is 0 Å². The van der Waals surface area contributed by atoms with Crippen molar-refractivity contribution in [2.75, 3.05) is 12.5 Å². The molecule has 2 rings (SSSR count). The molecular formula is C12H11NO2S2. The van der Waals surface area contributed by atoms with Crippen LogP contribution in [0.5, 0.6) is 0 Å². The number of thioether (sulfide) groups is 2. The summed E-state index contributed by atoms with van der Waals surface area (Å²) in [7, 11) is 0. The number of rotatable bonds is 3. The van der Waals surface area contributed by atoms with Gasteiger partial charge in [-0.15, -0.1) is 23.5 Å². The first-order valence-corrected chi connectivity index (χ1v) is 7.40. The Balaban J connectivity index is 2.48. The molecule has 0 N–H and O–H groups in total. The van der Waals surface area contributed by atoms with Gasteiger partial charge < -0.3 is 4.84 Å². The van der Waals surface area contributed by atoms with Gasteiger partial charge in [-0.3, -0.25) is 0 Å². The lowest BCUT2D eigenvalue weighted by Gasteiger charge is -2.04. The molecule has 0 atom stereocenters. The number of carbonyl (C=O) groups is 1. The Hall–Kier alpha value is -1.20. The maximum Gasteiger partial charge on any atom is 0.369 e. The summed E-state index contributed by atoms with van der Waals surface area (Å²) in [4.78, 5) is 16.5. The highest BCUT2D eigenvalue weighted by molar-refractivity contribution is 8.21. The third kappa shape index (κ3) is 2.40. The highest BCUT2D eigenvalue weighted by atomic mass is 32.2. The van der Waals surface area contributed by atoms with Crippen LogP contribution in [0.15, 0.2) is 45.3 Å². The standard InChI is InChI=1S/C12H11NO2S2/c1-16-12(17-2)9-10(13-15-11(9)14)8-6-4-3-5-7-8/h3-7H,1-2H3. The number of oxime groups is 1. The van der Waals surface area contributed by atoms with Gasteiger partial charge in [0.2, 0.25) is 0 Å². The summed E-state index contributed by atoms with van der Waals surface area (Å²) >= 11 is 3.06. The summed E-state index contributed by atoms with van der Waals surface area (Å²) in [6.45, 7) is 0. The summed E-state index contributed by atoms with van der Waals surface area (Å²) in [6, 6.07) is 9.58. The number of carbonyl (C=O) groups excluding carboxylic acids is 1. The fourth-order valence-electron chi connectivity index (χ4n) is 1.54. The van der Waals surface area contributed by atoms with Gasteiger partial charge in [0.15, 0.2) is 0 Å². The van der Waals surface area contributed by atoms with Crippen molar-refractivity contribution in [3.63, 3.8) is 0 Å². The van der Waals surface area contributed by atoms with E-state index >= 15 is 0 Å². The van der Waals surface area contributed by atoms with Gasteiger partial charge in [0.05, 0.1) is 4.24 Å². The molecule has 1 aromatic rings. The van der Waals surface area contributed by atoms with E-state index in [-0.39, 0.29) is 5.97 Å². The summed E-state index contributed by atoms with van der Waals surface area (Å²) < 4.78 is 0.926. The number of hydrogen-bond acceptors (Lipinski definition) is 5. The summed E-state index contributed by atoms with van der Waals surface area (Å²) in [5.41, 5.74) is 2.08. The molecule has 17 heavy (non-hydrogen) atoms. The monoisotopic (exact) mass is 265 g/mol. The van der Waals surface area contributed by atoms with Crippen molar-refractivity contribution in [1.29, 1.82) is 0 Å². The first-order valence-electron chi connectivity index (χ1n) is 4.95. The van der Waals surface area contributed by atoms with E-state index in [9.17, 15) is 4.79 Å². The zero-order valence-electron chi connectivity index (χ0n) is 9.47. The lowest BCUT2D eigenvalue weighted by atomic mass is 10.0. The molecule has 3 nitrogen and oxygen atoms in total. The van der Waals surface area contributed by atoms with E-state index in [0.29, 0.717) is 11.3 Å². The second-order valence-electron chi connectivity index (χ2n) is 3.26. The van der Waals surface area contributed by atoms with Crippen molar-refractivity contribution in [2.24, 2.45) is 5.16 Å². The molecule has 0 saturated heterocycles. The van der Waals surface area contributed by atoms with E-state index in [1.807, 2.05) is 42.8 Å². The molecule has 0 bridgehead atoms. The lowest BCUT2D eigenvalue weighted by Crippen LogP contribution is -2.08. The fourth-order valence-corrected chi connectivity index (χ4v) is 2.97. The molecule has 1 aliphatic heterocycles. The molecule has 5 heteroatoms. The molecule has 0 radical (unpaired) electrons. The second kappa shape index (κ2) is 5.42. The van der Waals surface area contributed by atoms with Crippen molar-refractivity contribution >= 4 is 35.2 Å². The van der Waals surface area contributed by atoms with Crippen LogP contribution in [-0.4, -0.2) is 24.2 Å². The number of nitrogens with zero attached hydrogens (tertiary/aromatic N) is 1. The van der Waals surface area contributed by atoms with Gasteiger partial charge in [-0.25, -0.2) is 4.79 Å². The average molecular weight is 265 g/mol. The van der Waals surface area contributed by atoms with Gasteiger partial charge >= 0.3 is 5.97 Å². The minimum Gasteiger partial charge on any atom is -0.312 e. The van der Waals surface area contributed by atoms with Crippen LogP contribution in [0.25, 0.3) is 0 Å². The predicted octanol–water partition coefficient (Wildman–Crippen LogP) is 2.89. The summed E-state index contributed by atoms with van der Waals surface area (Å²) in [5.74, 6) is -0.373. The van der Waals surface area contributed by atoms with Gasteiger partial charge in [-0.2, -0.15) is 0 Å². The van der Waals surface area contributed by atoms with Crippen LogP contribution >= 0.6 is 23.5 Å². The SMILES string of the molecule is CSC(SC)=C1C(=O)ON=C1c1ccccc1. The van der Waals surface area contributed by atoms with Crippen LogP contribution in [0.3, 0.4) is 0 Å². The minimum absolute atomic E-state index is 0.373. The van der Waals surface area contributed by atoms with E-state index in [1.54, 1.807) is 0 Å². The highest BCUT2D eigenvalue weighted by Crippen LogP contribution is 2.32. The van der Waals surface area contributed by atoms with Gasteiger partial charge in [-0.05, 0) is 12.5 Å². The first-order chi connectivity index (χ1) is 8.27. The molecule has 1 heterocycles. The Kier molecular flexibility index (Phi) is 3.91. The van der Waals surface area contributed by atoms with Crippen molar-refractivity contribution in [1.82, 2.24) is 0 Å². The minimum atomic E-state index is -0.373. The first kappa shape index (κ1) is 12.3. The van der Waals surface area contributed by atoms with E-state index in [4.69, 9.17) is 4.84 Å². The molecule has 0 spiro atoms. The van der Waals surface area contributed by atoms with E-state index in [1.165, 1.54) is 23.5 Å². The normalized spacial score (nSPS) is 14.6.